The van der Waals surface area contributed by atoms with E-state index in [4.69, 9.17) is 21.1 Å². The second kappa shape index (κ2) is 5.46. The number of nitrogens with zero attached hydrogens (tertiary/aromatic N) is 4. The van der Waals surface area contributed by atoms with Crippen LogP contribution >= 0.6 is 11.6 Å². The molecule has 1 fully saturated rings. The normalized spacial score (nSPS) is 18.7. The largest absolute Gasteiger partial charge is 0.461 e. The van der Waals surface area contributed by atoms with Crippen LogP contribution in [-0.2, 0) is 4.74 Å². The van der Waals surface area contributed by atoms with E-state index >= 15 is 0 Å². The van der Waals surface area contributed by atoms with Gasteiger partial charge in [-0.25, -0.2) is 0 Å². The van der Waals surface area contributed by atoms with Crippen LogP contribution < -0.4 is 9.64 Å². The first-order valence-corrected chi connectivity index (χ1v) is 6.70. The van der Waals surface area contributed by atoms with Crippen LogP contribution in [0.1, 0.15) is 27.7 Å². The number of hydrogen-bond acceptors (Lipinski definition) is 6. The lowest BCUT2D eigenvalue weighted by Crippen LogP contribution is -2.53. The van der Waals surface area contributed by atoms with Gasteiger partial charge in [-0.15, -0.1) is 0 Å². The van der Waals surface area contributed by atoms with Gasteiger partial charge in [0, 0.05) is 6.54 Å². The van der Waals surface area contributed by atoms with Crippen molar-refractivity contribution in [2.75, 3.05) is 24.7 Å². The summed E-state index contributed by atoms with van der Waals surface area (Å²) in [6.45, 7) is 9.96. The molecule has 1 aromatic rings. The van der Waals surface area contributed by atoms with Gasteiger partial charge in [-0.3, -0.25) is 0 Å². The SMILES string of the molecule is CC(C)Oc1nc(Cl)nc(N2CCOCC2(C)C)n1. The van der Waals surface area contributed by atoms with E-state index in [1.54, 1.807) is 0 Å². The Hall–Kier alpha value is -1.14. The molecule has 6 nitrogen and oxygen atoms in total. The lowest BCUT2D eigenvalue weighted by Gasteiger charge is -2.41. The Labute approximate surface area is 118 Å². The molecule has 2 heterocycles. The first kappa shape index (κ1) is 14.3. The van der Waals surface area contributed by atoms with Crippen LogP contribution in [0.4, 0.5) is 5.95 Å². The van der Waals surface area contributed by atoms with Crippen molar-refractivity contribution in [3.63, 3.8) is 0 Å². The number of morpholine rings is 1. The van der Waals surface area contributed by atoms with E-state index in [2.05, 4.69) is 33.7 Å². The Morgan fingerprint density at radius 3 is 2.68 bits per heavy atom. The van der Waals surface area contributed by atoms with Crippen molar-refractivity contribution < 1.29 is 9.47 Å². The molecular weight excluding hydrogens is 268 g/mol. The third-order valence-electron chi connectivity index (χ3n) is 2.80. The number of aromatic nitrogens is 3. The topological polar surface area (TPSA) is 60.4 Å². The quantitative estimate of drug-likeness (QED) is 0.846. The average molecular weight is 287 g/mol. The Balaban J connectivity index is 2.30. The third-order valence-corrected chi connectivity index (χ3v) is 2.97. The molecule has 0 spiro atoms. The molecule has 0 aromatic carbocycles. The molecule has 2 rings (SSSR count). The summed E-state index contributed by atoms with van der Waals surface area (Å²) in [7, 11) is 0. The molecule has 0 unspecified atom stereocenters. The van der Waals surface area contributed by atoms with Crippen LogP contribution in [0.3, 0.4) is 0 Å². The fourth-order valence-corrected chi connectivity index (χ4v) is 2.08. The summed E-state index contributed by atoms with van der Waals surface area (Å²) in [5.74, 6) is 0.531. The van der Waals surface area contributed by atoms with Gasteiger partial charge in [-0.2, -0.15) is 15.0 Å². The maximum atomic E-state index is 5.95. The third kappa shape index (κ3) is 3.45. The van der Waals surface area contributed by atoms with Crippen LogP contribution in [0.25, 0.3) is 0 Å². The minimum atomic E-state index is -0.183. The van der Waals surface area contributed by atoms with Gasteiger partial charge < -0.3 is 14.4 Å². The number of ether oxygens (including phenoxy) is 2. The maximum Gasteiger partial charge on any atom is 0.322 e. The predicted octanol–water partition coefficient (Wildman–Crippen LogP) is 1.93. The lowest BCUT2D eigenvalue weighted by atomic mass is 10.0. The van der Waals surface area contributed by atoms with Gasteiger partial charge in [-0.1, -0.05) is 0 Å². The average Bonchev–Trinajstić information content (AvgIpc) is 2.26. The number of halogens is 1. The van der Waals surface area contributed by atoms with Crippen molar-refractivity contribution in [1.82, 2.24) is 15.0 Å². The molecule has 1 aromatic heterocycles. The monoisotopic (exact) mass is 286 g/mol. The molecule has 106 valence electrons. The van der Waals surface area contributed by atoms with Gasteiger partial charge in [0.05, 0.1) is 24.9 Å². The van der Waals surface area contributed by atoms with Crippen LogP contribution in [-0.4, -0.2) is 46.4 Å². The van der Waals surface area contributed by atoms with E-state index in [0.717, 1.165) is 0 Å². The number of hydrogen-bond donors (Lipinski definition) is 0. The number of rotatable bonds is 3. The molecule has 0 bridgehead atoms. The zero-order valence-corrected chi connectivity index (χ0v) is 12.4. The fourth-order valence-electron chi connectivity index (χ4n) is 1.94. The molecule has 1 saturated heterocycles. The van der Waals surface area contributed by atoms with Gasteiger partial charge in [-0.05, 0) is 39.3 Å². The molecular formula is C12H19ClN4O2. The van der Waals surface area contributed by atoms with E-state index in [-0.39, 0.29) is 22.9 Å². The Kier molecular flexibility index (Phi) is 4.10. The Morgan fingerprint density at radius 1 is 1.32 bits per heavy atom. The summed E-state index contributed by atoms with van der Waals surface area (Å²) in [5.41, 5.74) is -0.183. The Morgan fingerprint density at radius 2 is 2.05 bits per heavy atom. The zero-order valence-electron chi connectivity index (χ0n) is 11.7. The smallest absolute Gasteiger partial charge is 0.322 e. The first-order chi connectivity index (χ1) is 8.88. The van der Waals surface area contributed by atoms with Crippen molar-refractivity contribution in [2.45, 2.75) is 39.3 Å². The molecule has 0 atom stereocenters. The summed E-state index contributed by atoms with van der Waals surface area (Å²) in [6, 6.07) is 0.257. The molecule has 0 N–H and O–H groups in total. The zero-order chi connectivity index (χ0) is 14.0. The summed E-state index contributed by atoms with van der Waals surface area (Å²) >= 11 is 5.95. The van der Waals surface area contributed by atoms with Crippen LogP contribution in [0.15, 0.2) is 0 Å². The van der Waals surface area contributed by atoms with Gasteiger partial charge in [0.2, 0.25) is 11.2 Å². The molecule has 0 radical (unpaired) electrons. The fraction of sp³-hybridized carbons (Fsp3) is 0.750. The minimum Gasteiger partial charge on any atom is -0.461 e. The minimum absolute atomic E-state index is 0.0102. The Bertz CT molecular complexity index is 453. The highest BCUT2D eigenvalue weighted by atomic mass is 35.5. The first-order valence-electron chi connectivity index (χ1n) is 6.32. The predicted molar refractivity (Wildman–Crippen MR) is 72.8 cm³/mol. The second-order valence-electron chi connectivity index (χ2n) is 5.37. The molecule has 1 aliphatic heterocycles. The van der Waals surface area contributed by atoms with E-state index in [1.807, 2.05) is 13.8 Å². The second-order valence-corrected chi connectivity index (χ2v) is 5.71. The van der Waals surface area contributed by atoms with Crippen LogP contribution in [0.2, 0.25) is 5.28 Å². The molecule has 1 aliphatic rings. The van der Waals surface area contributed by atoms with Crippen molar-refractivity contribution in [3.05, 3.63) is 5.28 Å². The van der Waals surface area contributed by atoms with E-state index in [0.29, 0.717) is 25.7 Å². The van der Waals surface area contributed by atoms with Crippen LogP contribution in [0.5, 0.6) is 6.01 Å². The highest BCUT2D eigenvalue weighted by Gasteiger charge is 2.33. The lowest BCUT2D eigenvalue weighted by molar-refractivity contribution is 0.0632. The van der Waals surface area contributed by atoms with Crippen molar-refractivity contribution >= 4 is 17.5 Å². The molecule has 0 aliphatic carbocycles. The summed E-state index contributed by atoms with van der Waals surface area (Å²) in [5, 5.41) is 0.142. The summed E-state index contributed by atoms with van der Waals surface area (Å²) in [6.07, 6.45) is -0.0102. The standard InChI is InChI=1S/C12H19ClN4O2/c1-8(2)19-11-15-9(13)14-10(16-11)17-5-6-18-7-12(17,3)4/h8H,5-7H2,1-4H3. The number of anilines is 1. The summed E-state index contributed by atoms with van der Waals surface area (Å²) in [4.78, 5) is 14.6. The van der Waals surface area contributed by atoms with Crippen LogP contribution in [0, 0.1) is 0 Å². The molecule has 0 saturated carbocycles. The molecule has 7 heteroatoms. The van der Waals surface area contributed by atoms with Gasteiger partial charge in [0.1, 0.15) is 0 Å². The van der Waals surface area contributed by atoms with E-state index in [1.165, 1.54) is 0 Å². The molecule has 0 amide bonds. The van der Waals surface area contributed by atoms with Crippen molar-refractivity contribution in [1.29, 1.82) is 0 Å². The van der Waals surface area contributed by atoms with Gasteiger partial charge in [0.25, 0.3) is 0 Å². The van der Waals surface area contributed by atoms with E-state index in [9.17, 15) is 0 Å². The molecule has 19 heavy (non-hydrogen) atoms. The van der Waals surface area contributed by atoms with E-state index < -0.39 is 0 Å². The highest BCUT2D eigenvalue weighted by molar-refractivity contribution is 6.28. The van der Waals surface area contributed by atoms with Crippen molar-refractivity contribution in [3.8, 4) is 6.01 Å². The summed E-state index contributed by atoms with van der Waals surface area (Å²) < 4.78 is 11.0. The highest BCUT2D eigenvalue weighted by Crippen LogP contribution is 2.25. The van der Waals surface area contributed by atoms with Gasteiger partial charge >= 0.3 is 6.01 Å². The van der Waals surface area contributed by atoms with Crippen molar-refractivity contribution in [2.24, 2.45) is 0 Å². The maximum absolute atomic E-state index is 5.95. The van der Waals surface area contributed by atoms with Gasteiger partial charge in [0.15, 0.2) is 0 Å².